The lowest BCUT2D eigenvalue weighted by molar-refractivity contribution is -0.133. The van der Waals surface area contributed by atoms with Crippen molar-refractivity contribution in [3.63, 3.8) is 0 Å². The molecule has 1 atom stereocenters. The van der Waals surface area contributed by atoms with E-state index >= 15 is 0 Å². The quantitative estimate of drug-likeness (QED) is 0.809. The van der Waals surface area contributed by atoms with E-state index in [0.29, 0.717) is 38.5 Å². The summed E-state index contributed by atoms with van der Waals surface area (Å²) in [4.78, 5) is 12.3. The SMILES string of the molecule is O=C(C1CCCCC1)C(F)(C1CCCC1)S(=O)(=O)O. The van der Waals surface area contributed by atoms with Crippen LogP contribution in [0.4, 0.5) is 4.39 Å². The third-order valence-electron chi connectivity index (χ3n) is 4.57. The molecule has 2 aliphatic carbocycles. The first-order valence-electron chi connectivity index (χ1n) is 7.07. The zero-order valence-electron chi connectivity index (χ0n) is 11.0. The number of carbonyl (C=O) groups excluding carboxylic acids is 1. The summed E-state index contributed by atoms with van der Waals surface area (Å²) in [5.41, 5.74) is 0. The Bertz CT molecular complexity index is 436. The fourth-order valence-corrected chi connectivity index (χ4v) is 4.56. The van der Waals surface area contributed by atoms with E-state index in [-0.39, 0.29) is 0 Å². The van der Waals surface area contributed by atoms with Crippen LogP contribution in [0.5, 0.6) is 0 Å². The van der Waals surface area contributed by atoms with Gasteiger partial charge in [-0.25, -0.2) is 4.39 Å². The maximum Gasteiger partial charge on any atom is 0.308 e. The van der Waals surface area contributed by atoms with Crippen LogP contribution in [0.1, 0.15) is 57.8 Å². The van der Waals surface area contributed by atoms with Gasteiger partial charge in [-0.2, -0.15) is 8.42 Å². The molecule has 0 radical (unpaired) electrons. The van der Waals surface area contributed by atoms with E-state index in [4.69, 9.17) is 0 Å². The van der Waals surface area contributed by atoms with Crippen molar-refractivity contribution in [3.05, 3.63) is 0 Å². The van der Waals surface area contributed by atoms with Crippen molar-refractivity contribution < 1.29 is 22.2 Å². The Morgan fingerprint density at radius 3 is 1.95 bits per heavy atom. The summed E-state index contributed by atoms with van der Waals surface area (Å²) in [6.45, 7) is 0. The van der Waals surface area contributed by atoms with Gasteiger partial charge in [0, 0.05) is 11.8 Å². The fourth-order valence-electron chi connectivity index (χ4n) is 3.48. The molecule has 0 heterocycles. The maximum absolute atomic E-state index is 15.0. The molecule has 0 bridgehead atoms. The fraction of sp³-hybridized carbons (Fsp3) is 0.923. The van der Waals surface area contributed by atoms with E-state index in [2.05, 4.69) is 0 Å². The van der Waals surface area contributed by atoms with E-state index in [1.807, 2.05) is 0 Å². The molecule has 2 aliphatic rings. The molecule has 0 aliphatic heterocycles. The smallest absolute Gasteiger partial charge is 0.294 e. The Hall–Kier alpha value is -0.490. The van der Waals surface area contributed by atoms with Gasteiger partial charge in [0.05, 0.1) is 0 Å². The molecule has 4 nitrogen and oxygen atoms in total. The molecule has 0 amide bonds. The molecule has 110 valence electrons. The zero-order valence-corrected chi connectivity index (χ0v) is 11.8. The summed E-state index contributed by atoms with van der Waals surface area (Å²) in [6.07, 6.45) is 5.85. The molecule has 0 spiro atoms. The van der Waals surface area contributed by atoms with Gasteiger partial charge in [0.15, 0.2) is 5.78 Å². The molecule has 2 saturated carbocycles. The van der Waals surface area contributed by atoms with Gasteiger partial charge < -0.3 is 0 Å². The van der Waals surface area contributed by atoms with Crippen LogP contribution in [-0.2, 0) is 14.9 Å². The van der Waals surface area contributed by atoms with Gasteiger partial charge >= 0.3 is 10.1 Å². The van der Waals surface area contributed by atoms with Crippen molar-refractivity contribution in [2.75, 3.05) is 0 Å². The normalized spacial score (nSPS) is 26.2. The molecule has 0 aromatic rings. The Kier molecular flexibility index (Phi) is 4.30. The molecule has 1 N–H and O–H groups in total. The van der Waals surface area contributed by atoms with Crippen LogP contribution in [-0.4, -0.2) is 23.8 Å². The minimum absolute atomic E-state index is 0.356. The van der Waals surface area contributed by atoms with Gasteiger partial charge in [-0.1, -0.05) is 32.1 Å². The van der Waals surface area contributed by atoms with E-state index in [0.717, 1.165) is 19.3 Å². The molecule has 1 unspecified atom stereocenters. The maximum atomic E-state index is 15.0. The van der Waals surface area contributed by atoms with Crippen LogP contribution in [0.2, 0.25) is 0 Å². The van der Waals surface area contributed by atoms with Gasteiger partial charge in [-0.05, 0) is 25.7 Å². The summed E-state index contributed by atoms with van der Waals surface area (Å²) >= 11 is 0. The molecule has 0 aromatic heterocycles. The second-order valence-corrected chi connectivity index (χ2v) is 7.34. The van der Waals surface area contributed by atoms with E-state index in [9.17, 15) is 22.2 Å². The summed E-state index contributed by atoms with van der Waals surface area (Å²) < 4.78 is 47.2. The molecule has 0 saturated heterocycles. The first-order valence-corrected chi connectivity index (χ1v) is 8.51. The Balaban J connectivity index is 2.29. The average Bonchev–Trinajstić information content (AvgIpc) is 2.90. The van der Waals surface area contributed by atoms with Crippen molar-refractivity contribution >= 4 is 15.9 Å². The van der Waals surface area contributed by atoms with Crippen LogP contribution in [0.25, 0.3) is 0 Å². The molecule has 0 aromatic carbocycles. The monoisotopic (exact) mass is 292 g/mol. The van der Waals surface area contributed by atoms with E-state index in [1.165, 1.54) is 0 Å². The summed E-state index contributed by atoms with van der Waals surface area (Å²) in [7, 11) is -5.01. The van der Waals surface area contributed by atoms with Crippen LogP contribution in [0, 0.1) is 11.8 Å². The first-order chi connectivity index (χ1) is 8.87. The highest BCUT2D eigenvalue weighted by Crippen LogP contribution is 2.43. The number of carbonyl (C=O) groups is 1. The topological polar surface area (TPSA) is 71.4 Å². The Morgan fingerprint density at radius 2 is 1.47 bits per heavy atom. The molecule has 19 heavy (non-hydrogen) atoms. The molecule has 2 rings (SSSR count). The third-order valence-corrected chi connectivity index (χ3v) is 5.85. The number of hydrogen-bond donors (Lipinski definition) is 1. The standard InChI is InChI=1S/C13H21FO4S/c14-13(19(16,17)18,11-8-4-5-9-11)12(15)10-6-2-1-3-7-10/h10-11H,1-9H2,(H,16,17,18). The van der Waals surface area contributed by atoms with Crippen LogP contribution < -0.4 is 0 Å². The van der Waals surface area contributed by atoms with Crippen LogP contribution in [0.15, 0.2) is 0 Å². The molecular weight excluding hydrogens is 271 g/mol. The van der Waals surface area contributed by atoms with Crippen molar-refractivity contribution in [3.8, 4) is 0 Å². The summed E-state index contributed by atoms with van der Waals surface area (Å²) in [6, 6.07) is 0. The molecule has 2 fully saturated rings. The highest BCUT2D eigenvalue weighted by molar-refractivity contribution is 7.88. The molecule has 6 heteroatoms. The minimum Gasteiger partial charge on any atom is -0.294 e. The summed E-state index contributed by atoms with van der Waals surface area (Å²) in [5, 5.41) is -3.08. The second kappa shape index (κ2) is 5.48. The van der Waals surface area contributed by atoms with E-state index < -0.39 is 32.7 Å². The lowest BCUT2D eigenvalue weighted by Gasteiger charge is -2.31. The van der Waals surface area contributed by atoms with Crippen molar-refractivity contribution in [1.29, 1.82) is 0 Å². The zero-order chi connectivity index (χ0) is 14.1. The largest absolute Gasteiger partial charge is 0.308 e. The highest BCUT2D eigenvalue weighted by atomic mass is 32.2. The number of ketones is 1. The lowest BCUT2D eigenvalue weighted by atomic mass is 9.81. The van der Waals surface area contributed by atoms with Gasteiger partial charge in [0.25, 0.3) is 5.00 Å². The number of Topliss-reactive ketones (excluding diaryl/α,β-unsaturated/α-hetero) is 1. The number of alkyl halides is 1. The van der Waals surface area contributed by atoms with Crippen molar-refractivity contribution in [2.24, 2.45) is 11.8 Å². The average molecular weight is 292 g/mol. The Labute approximate surface area is 113 Å². The number of halogens is 1. The van der Waals surface area contributed by atoms with Crippen molar-refractivity contribution in [1.82, 2.24) is 0 Å². The molecular formula is C13H21FO4S. The number of hydrogen-bond acceptors (Lipinski definition) is 3. The van der Waals surface area contributed by atoms with Gasteiger partial charge in [0.2, 0.25) is 0 Å². The Morgan fingerprint density at radius 1 is 1.00 bits per heavy atom. The van der Waals surface area contributed by atoms with Gasteiger partial charge in [-0.15, -0.1) is 0 Å². The predicted octanol–water partition coefficient (Wildman–Crippen LogP) is 2.88. The lowest BCUT2D eigenvalue weighted by Crippen LogP contribution is -2.50. The highest BCUT2D eigenvalue weighted by Gasteiger charge is 2.58. The number of rotatable bonds is 4. The first kappa shape index (κ1) is 14.9. The van der Waals surface area contributed by atoms with Crippen LogP contribution >= 0.6 is 0 Å². The summed E-state index contributed by atoms with van der Waals surface area (Å²) in [5.74, 6) is -2.33. The van der Waals surface area contributed by atoms with Crippen molar-refractivity contribution in [2.45, 2.75) is 62.8 Å². The van der Waals surface area contributed by atoms with Gasteiger partial charge in [0.1, 0.15) is 0 Å². The minimum atomic E-state index is -5.01. The van der Waals surface area contributed by atoms with E-state index in [1.54, 1.807) is 0 Å². The van der Waals surface area contributed by atoms with Gasteiger partial charge in [-0.3, -0.25) is 9.35 Å². The third kappa shape index (κ3) is 2.70. The van der Waals surface area contributed by atoms with Crippen LogP contribution in [0.3, 0.4) is 0 Å². The second-order valence-electron chi connectivity index (χ2n) is 5.80. The predicted molar refractivity (Wildman–Crippen MR) is 68.9 cm³/mol.